The number of non-ortho nitro benzene ring substituents is 1. The number of nitrogens with zero attached hydrogens (tertiary/aromatic N) is 3. The minimum absolute atomic E-state index is 0.0100. The number of nitro benzene ring substituents is 1. The number of carbonyl (C=O) groups is 1. The number of hydrogen-bond donors (Lipinski definition) is 0. The van der Waals surface area contributed by atoms with E-state index in [-0.39, 0.29) is 29.1 Å². The predicted octanol–water partition coefficient (Wildman–Crippen LogP) is 8.28. The molecule has 5 aromatic carbocycles. The molecule has 0 aromatic heterocycles. The second kappa shape index (κ2) is 15.2. The van der Waals surface area contributed by atoms with Gasteiger partial charge < -0.3 is 28.4 Å². The summed E-state index contributed by atoms with van der Waals surface area (Å²) in [5.41, 5.74) is 5.98. The van der Waals surface area contributed by atoms with Crippen LogP contribution in [0.4, 0.5) is 5.69 Å². The molecule has 0 spiro atoms. The van der Waals surface area contributed by atoms with E-state index in [0.29, 0.717) is 53.1 Å². The van der Waals surface area contributed by atoms with Crippen molar-refractivity contribution >= 4 is 11.7 Å². The van der Waals surface area contributed by atoms with Crippen LogP contribution in [-0.4, -0.2) is 69.2 Å². The van der Waals surface area contributed by atoms with Gasteiger partial charge >= 0.3 is 5.97 Å². The fraction of sp³-hybridized carbons (Fsp3) is 0.295. The second-order valence-electron chi connectivity index (χ2n) is 14.4. The Bertz CT molecular complexity index is 2330. The molecule has 5 aromatic rings. The Labute approximate surface area is 325 Å². The molecule has 9 rings (SSSR count). The lowest BCUT2D eigenvalue weighted by Gasteiger charge is -2.37. The van der Waals surface area contributed by atoms with Gasteiger partial charge in [-0.2, -0.15) is 0 Å². The van der Waals surface area contributed by atoms with Gasteiger partial charge in [0.1, 0.15) is 5.75 Å². The number of carbonyl (C=O) groups excluding carboxylic acids is 1. The first-order valence-electron chi connectivity index (χ1n) is 18.6. The van der Waals surface area contributed by atoms with Crippen molar-refractivity contribution in [1.82, 2.24) is 9.80 Å². The molecular formula is C44H43N3O9. The van der Waals surface area contributed by atoms with Crippen molar-refractivity contribution < 1.29 is 38.1 Å². The quantitative estimate of drug-likeness (QED) is 0.0720. The van der Waals surface area contributed by atoms with Crippen LogP contribution >= 0.6 is 0 Å². The van der Waals surface area contributed by atoms with Crippen LogP contribution in [0.3, 0.4) is 0 Å². The summed E-state index contributed by atoms with van der Waals surface area (Å²) in [6, 6.07) is 25.3. The van der Waals surface area contributed by atoms with E-state index in [9.17, 15) is 14.9 Å². The normalized spacial score (nSPS) is 17.7. The lowest BCUT2D eigenvalue weighted by molar-refractivity contribution is -0.384. The van der Waals surface area contributed by atoms with Crippen molar-refractivity contribution in [3.8, 4) is 46.0 Å². The fourth-order valence-corrected chi connectivity index (χ4v) is 8.08. The molecule has 6 bridgehead atoms. The Morgan fingerprint density at radius 1 is 0.732 bits per heavy atom. The fourth-order valence-electron chi connectivity index (χ4n) is 8.08. The number of hydrogen-bond acceptors (Lipinski definition) is 11. The van der Waals surface area contributed by atoms with Crippen LogP contribution in [0.25, 0.3) is 0 Å². The third-order valence-electron chi connectivity index (χ3n) is 11.1. The Hall–Kier alpha value is -6.11. The highest BCUT2D eigenvalue weighted by molar-refractivity contribution is 5.92. The largest absolute Gasteiger partial charge is 0.493 e. The lowest BCUT2D eigenvalue weighted by atomic mass is 9.87. The molecule has 0 unspecified atom stereocenters. The summed E-state index contributed by atoms with van der Waals surface area (Å²) in [6.07, 6.45) is 2.79. The number of nitro groups is 1. The summed E-state index contributed by atoms with van der Waals surface area (Å²) >= 11 is 0. The summed E-state index contributed by atoms with van der Waals surface area (Å²) in [7, 11) is 8.94. The van der Waals surface area contributed by atoms with Crippen LogP contribution in [0.1, 0.15) is 55.8 Å². The van der Waals surface area contributed by atoms with Gasteiger partial charge in [0.2, 0.25) is 5.75 Å². The van der Waals surface area contributed by atoms with Gasteiger partial charge in [0.15, 0.2) is 34.5 Å². The summed E-state index contributed by atoms with van der Waals surface area (Å²) in [5, 5.41) is 11.6. The lowest BCUT2D eigenvalue weighted by Crippen LogP contribution is -2.34. The maximum Gasteiger partial charge on any atom is 0.344 e. The maximum atomic E-state index is 13.9. The molecule has 288 valence electrons. The van der Waals surface area contributed by atoms with Crippen LogP contribution in [0, 0.1) is 10.1 Å². The minimum atomic E-state index is -0.798. The molecule has 4 aliphatic rings. The molecule has 12 nitrogen and oxygen atoms in total. The zero-order chi connectivity index (χ0) is 39.1. The Kier molecular flexibility index (Phi) is 10.0. The maximum absolute atomic E-state index is 13.9. The van der Waals surface area contributed by atoms with Gasteiger partial charge in [-0.3, -0.25) is 19.9 Å². The highest BCUT2D eigenvalue weighted by Gasteiger charge is 2.36. The third-order valence-corrected chi connectivity index (χ3v) is 11.1. The monoisotopic (exact) mass is 757 g/mol. The third kappa shape index (κ3) is 6.97. The van der Waals surface area contributed by atoms with Gasteiger partial charge in [0.05, 0.1) is 31.8 Å². The molecule has 0 saturated heterocycles. The van der Waals surface area contributed by atoms with Gasteiger partial charge in [-0.05, 0) is 116 Å². The van der Waals surface area contributed by atoms with Crippen LogP contribution < -0.4 is 28.4 Å². The van der Waals surface area contributed by atoms with Crippen molar-refractivity contribution in [2.24, 2.45) is 0 Å². The first-order valence-corrected chi connectivity index (χ1v) is 18.6. The molecule has 0 saturated carbocycles. The second-order valence-corrected chi connectivity index (χ2v) is 14.4. The van der Waals surface area contributed by atoms with Crippen LogP contribution in [0.2, 0.25) is 0 Å². The number of fused-ring (bicyclic) bond motifs is 2. The highest BCUT2D eigenvalue weighted by Crippen LogP contribution is 2.52. The minimum Gasteiger partial charge on any atom is -0.493 e. The van der Waals surface area contributed by atoms with E-state index in [1.165, 1.54) is 36.9 Å². The van der Waals surface area contributed by atoms with Crippen LogP contribution in [0.15, 0.2) is 84.9 Å². The number of rotatable bonds is 6. The number of esters is 1. The Morgan fingerprint density at radius 2 is 1.39 bits per heavy atom. The summed E-state index contributed by atoms with van der Waals surface area (Å²) in [4.78, 5) is 29.6. The Morgan fingerprint density at radius 3 is 2.12 bits per heavy atom. The number of methoxy groups -OCH3 is 3. The van der Waals surface area contributed by atoms with E-state index in [1.54, 1.807) is 14.2 Å². The molecule has 56 heavy (non-hydrogen) atoms. The average Bonchev–Trinajstić information content (AvgIpc) is 3.21. The number of ether oxygens (including phenoxy) is 6. The molecule has 12 heteroatoms. The van der Waals surface area contributed by atoms with E-state index in [0.717, 1.165) is 53.7 Å². The SMILES string of the molecule is COc1ccc2cc1Oc1ccc(cc1)C[C@H]1c3cc(c(OC)cc3CCN1C)Oc1c(OC(=O)c3cccc([N+](=O)[O-])c3)c(OC)cc3c1[C@H](C2)N(C)CC3. The van der Waals surface area contributed by atoms with E-state index in [4.69, 9.17) is 28.4 Å². The van der Waals surface area contributed by atoms with Gasteiger partial charge in [-0.25, -0.2) is 4.79 Å². The first kappa shape index (κ1) is 36.8. The topological polar surface area (TPSA) is 122 Å². The molecule has 0 N–H and O–H groups in total. The van der Waals surface area contributed by atoms with Crippen molar-refractivity contribution in [1.29, 1.82) is 0 Å². The van der Waals surface area contributed by atoms with E-state index in [1.807, 2.05) is 48.5 Å². The summed E-state index contributed by atoms with van der Waals surface area (Å²) in [5.74, 6) is 2.75. The number of benzene rings is 5. The van der Waals surface area contributed by atoms with Crippen LogP contribution in [0.5, 0.6) is 46.0 Å². The molecule has 4 heterocycles. The van der Waals surface area contributed by atoms with Crippen molar-refractivity contribution in [3.05, 3.63) is 134 Å². The standard InChI is InChI=1S/C44H43N3O9/c1-45-17-15-28-23-37(52-4)39-25-33(28)34(45)19-26-9-12-32(13-10-26)54-38-21-27(11-14-36(38)51-3)20-35-41-29(16-18-46(35)2)24-40(53-5)42(43(41)55-39)56-44(48)30-7-6-8-31(22-30)47(49)50/h6-14,21-25,34-35H,15-20H2,1-5H3/t34-,35-/m0/s1. The van der Waals surface area contributed by atoms with Gasteiger partial charge in [-0.1, -0.05) is 24.3 Å². The number of likely N-dealkylation sites (N-methyl/N-ethyl adjacent to an activating group) is 2. The zero-order valence-corrected chi connectivity index (χ0v) is 32.0. The van der Waals surface area contributed by atoms with E-state index < -0.39 is 10.9 Å². The molecule has 0 radical (unpaired) electrons. The molecular weight excluding hydrogens is 714 g/mol. The molecule has 0 amide bonds. The molecule has 2 atom stereocenters. The van der Waals surface area contributed by atoms with Gasteiger partial charge in [-0.15, -0.1) is 0 Å². The summed E-state index contributed by atoms with van der Waals surface area (Å²) in [6.45, 7) is 1.61. The van der Waals surface area contributed by atoms with Crippen molar-refractivity contribution in [3.63, 3.8) is 0 Å². The van der Waals surface area contributed by atoms with Gasteiger partial charge in [0.25, 0.3) is 5.69 Å². The van der Waals surface area contributed by atoms with Gasteiger partial charge in [0, 0.05) is 42.9 Å². The van der Waals surface area contributed by atoms with Crippen molar-refractivity contribution in [2.75, 3.05) is 48.5 Å². The van der Waals surface area contributed by atoms with E-state index >= 15 is 0 Å². The molecule has 0 aliphatic carbocycles. The van der Waals surface area contributed by atoms with Crippen molar-refractivity contribution in [2.45, 2.75) is 37.8 Å². The highest BCUT2D eigenvalue weighted by atomic mass is 16.6. The molecule has 0 fully saturated rings. The van der Waals surface area contributed by atoms with E-state index in [2.05, 4.69) is 36.0 Å². The van der Waals surface area contributed by atoms with Crippen LogP contribution in [-0.2, 0) is 25.7 Å². The molecule has 4 aliphatic heterocycles. The predicted molar refractivity (Wildman–Crippen MR) is 209 cm³/mol. The summed E-state index contributed by atoms with van der Waals surface area (Å²) < 4.78 is 37.4. The first-order chi connectivity index (χ1) is 27.1. The average molecular weight is 758 g/mol. The smallest absolute Gasteiger partial charge is 0.344 e. The zero-order valence-electron chi connectivity index (χ0n) is 32.0. The Balaban J connectivity index is 1.36.